The van der Waals surface area contributed by atoms with Crippen molar-refractivity contribution in [3.8, 4) is 0 Å². The molecule has 1 aliphatic carbocycles. The van der Waals surface area contributed by atoms with Crippen molar-refractivity contribution in [1.82, 2.24) is 14.1 Å². The van der Waals surface area contributed by atoms with Crippen LogP contribution in [0.15, 0.2) is 63.3 Å². The summed E-state index contributed by atoms with van der Waals surface area (Å²) in [4.78, 5) is 9.57. The molecule has 1 aromatic heterocycles. The van der Waals surface area contributed by atoms with E-state index in [-0.39, 0.29) is 22.9 Å². The SMILES string of the molecule is COC(=O)CCn1ncc2c1CCC[C@H]2N(C)S(=O)(=O)c1cc(C(F)(F)F)cc(S(=O)(=O)c2ccc(Cl)cc2)c1. The molecular formula is C25H25ClF3N3O6S2. The molecule has 0 N–H and O–H groups in total. The molecule has 216 valence electrons. The molecule has 1 aliphatic rings. The Balaban J connectivity index is 1.75. The number of rotatable bonds is 8. The zero-order valence-corrected chi connectivity index (χ0v) is 23.7. The lowest BCUT2D eigenvalue weighted by Crippen LogP contribution is -2.33. The second kappa shape index (κ2) is 11.1. The second-order valence-corrected chi connectivity index (χ2v) is 13.6. The summed E-state index contributed by atoms with van der Waals surface area (Å²) in [6, 6.07) is 5.57. The van der Waals surface area contributed by atoms with Gasteiger partial charge in [0.05, 0.1) is 52.6 Å². The number of carbonyl (C=O) groups is 1. The van der Waals surface area contributed by atoms with E-state index in [9.17, 15) is 34.8 Å². The first-order valence-corrected chi connectivity index (χ1v) is 15.3. The third kappa shape index (κ3) is 5.90. The molecule has 0 unspecified atom stereocenters. The summed E-state index contributed by atoms with van der Waals surface area (Å²) < 4.78 is 102. The summed E-state index contributed by atoms with van der Waals surface area (Å²) in [5, 5.41) is 4.49. The van der Waals surface area contributed by atoms with Crippen LogP contribution in [0.25, 0.3) is 0 Å². The lowest BCUT2D eigenvalue weighted by Gasteiger charge is -2.31. The van der Waals surface area contributed by atoms with Gasteiger partial charge >= 0.3 is 12.1 Å². The van der Waals surface area contributed by atoms with Gasteiger partial charge in [-0.3, -0.25) is 9.48 Å². The average molecular weight is 620 g/mol. The molecule has 0 fully saturated rings. The maximum absolute atomic E-state index is 13.8. The maximum Gasteiger partial charge on any atom is 0.416 e. The number of ether oxygens (including phenoxy) is 1. The van der Waals surface area contributed by atoms with Gasteiger partial charge in [-0.15, -0.1) is 0 Å². The van der Waals surface area contributed by atoms with Crippen molar-refractivity contribution in [2.75, 3.05) is 14.2 Å². The lowest BCUT2D eigenvalue weighted by atomic mass is 9.93. The summed E-state index contributed by atoms with van der Waals surface area (Å²) in [6.45, 7) is 0.213. The fourth-order valence-electron chi connectivity index (χ4n) is 4.59. The van der Waals surface area contributed by atoms with Gasteiger partial charge in [-0.2, -0.15) is 22.6 Å². The van der Waals surface area contributed by atoms with Crippen molar-refractivity contribution >= 4 is 37.4 Å². The van der Waals surface area contributed by atoms with Gasteiger partial charge in [0.15, 0.2) is 0 Å². The minimum atomic E-state index is -5.02. The van der Waals surface area contributed by atoms with E-state index in [1.807, 2.05) is 0 Å². The summed E-state index contributed by atoms with van der Waals surface area (Å²) in [6.07, 6.45) is -2.01. The molecule has 4 rings (SSSR count). The number of carbonyl (C=O) groups excluding carboxylic acids is 1. The predicted octanol–water partition coefficient (Wildman–Crippen LogP) is 4.65. The highest BCUT2D eigenvalue weighted by molar-refractivity contribution is 7.91. The number of methoxy groups -OCH3 is 1. The van der Waals surface area contributed by atoms with Crippen LogP contribution < -0.4 is 0 Å². The summed E-state index contributed by atoms with van der Waals surface area (Å²) in [5.74, 6) is -0.440. The predicted molar refractivity (Wildman–Crippen MR) is 138 cm³/mol. The number of nitrogens with zero attached hydrogens (tertiary/aromatic N) is 3. The fraction of sp³-hybridized carbons (Fsp3) is 0.360. The van der Waals surface area contributed by atoms with Crippen LogP contribution in [-0.2, 0) is 48.5 Å². The molecule has 0 amide bonds. The number of hydrogen-bond acceptors (Lipinski definition) is 7. The number of halogens is 4. The van der Waals surface area contributed by atoms with Crippen molar-refractivity contribution in [3.05, 3.63) is 70.5 Å². The number of aryl methyl sites for hydroxylation is 1. The molecule has 15 heteroatoms. The van der Waals surface area contributed by atoms with Crippen molar-refractivity contribution in [1.29, 1.82) is 0 Å². The van der Waals surface area contributed by atoms with Crippen molar-refractivity contribution in [3.63, 3.8) is 0 Å². The van der Waals surface area contributed by atoms with E-state index in [2.05, 4.69) is 9.84 Å². The maximum atomic E-state index is 13.8. The Hall–Kier alpha value is -2.94. The monoisotopic (exact) mass is 619 g/mol. The molecule has 0 radical (unpaired) electrons. The molecule has 3 aromatic rings. The van der Waals surface area contributed by atoms with Crippen LogP contribution in [0.3, 0.4) is 0 Å². The molecule has 0 aliphatic heterocycles. The van der Waals surface area contributed by atoms with E-state index in [1.54, 1.807) is 4.68 Å². The molecule has 9 nitrogen and oxygen atoms in total. The average Bonchev–Trinajstić information content (AvgIpc) is 3.34. The minimum Gasteiger partial charge on any atom is -0.469 e. The topological polar surface area (TPSA) is 116 Å². The highest BCUT2D eigenvalue weighted by Gasteiger charge is 2.38. The molecule has 2 aromatic carbocycles. The van der Waals surface area contributed by atoms with Gasteiger partial charge in [0.1, 0.15) is 0 Å². The largest absolute Gasteiger partial charge is 0.469 e. The van der Waals surface area contributed by atoms with E-state index in [0.29, 0.717) is 42.7 Å². The van der Waals surface area contributed by atoms with E-state index in [4.69, 9.17) is 11.6 Å². The summed E-state index contributed by atoms with van der Waals surface area (Å²) in [5.41, 5.74) is -0.157. The van der Waals surface area contributed by atoms with Crippen molar-refractivity contribution in [2.45, 2.75) is 59.1 Å². The van der Waals surface area contributed by atoms with Gasteiger partial charge in [-0.1, -0.05) is 11.6 Å². The Labute approximate surface area is 234 Å². The van der Waals surface area contributed by atoms with E-state index >= 15 is 0 Å². The van der Waals surface area contributed by atoms with Gasteiger partial charge < -0.3 is 4.74 Å². The zero-order chi connectivity index (χ0) is 29.5. The molecule has 0 bridgehead atoms. The van der Waals surface area contributed by atoms with Crippen molar-refractivity contribution in [2.24, 2.45) is 0 Å². The van der Waals surface area contributed by atoms with Crippen LogP contribution in [0, 0.1) is 0 Å². The summed E-state index contributed by atoms with van der Waals surface area (Å²) >= 11 is 5.81. The second-order valence-electron chi connectivity index (χ2n) is 9.17. The Morgan fingerprint density at radius 2 is 1.75 bits per heavy atom. The first-order chi connectivity index (χ1) is 18.7. The Morgan fingerprint density at radius 3 is 2.38 bits per heavy atom. The quantitative estimate of drug-likeness (QED) is 0.337. The van der Waals surface area contributed by atoms with Crippen LogP contribution >= 0.6 is 11.6 Å². The number of benzene rings is 2. The molecule has 1 atom stereocenters. The zero-order valence-electron chi connectivity index (χ0n) is 21.4. The fourth-order valence-corrected chi connectivity index (χ4v) is 7.56. The first kappa shape index (κ1) is 30.0. The molecule has 0 saturated heterocycles. The van der Waals surface area contributed by atoms with E-state index in [1.165, 1.54) is 32.5 Å². The number of sulfonamides is 1. The number of esters is 1. The molecule has 0 saturated carbocycles. The van der Waals surface area contributed by atoms with Crippen LogP contribution in [0.1, 0.15) is 42.1 Å². The Kier molecular flexibility index (Phi) is 8.37. The Bertz CT molecular complexity index is 1640. The number of alkyl halides is 3. The number of hydrogen-bond donors (Lipinski definition) is 0. The smallest absolute Gasteiger partial charge is 0.416 e. The first-order valence-electron chi connectivity index (χ1n) is 12.0. The molecule has 1 heterocycles. The normalized spacial score (nSPS) is 16.1. The van der Waals surface area contributed by atoms with Gasteiger partial charge in [0, 0.05) is 23.3 Å². The third-order valence-electron chi connectivity index (χ3n) is 6.74. The van der Waals surface area contributed by atoms with Gasteiger partial charge in [-0.05, 0) is 61.7 Å². The number of aromatic nitrogens is 2. The van der Waals surface area contributed by atoms with Crippen LogP contribution in [0.2, 0.25) is 5.02 Å². The number of sulfone groups is 1. The minimum absolute atomic E-state index is 0.0541. The molecule has 40 heavy (non-hydrogen) atoms. The summed E-state index contributed by atoms with van der Waals surface area (Å²) in [7, 11) is -6.65. The third-order valence-corrected chi connectivity index (χ3v) is 10.6. The molecule has 0 spiro atoms. The van der Waals surface area contributed by atoms with Gasteiger partial charge in [0.25, 0.3) is 0 Å². The lowest BCUT2D eigenvalue weighted by molar-refractivity contribution is -0.141. The van der Waals surface area contributed by atoms with Gasteiger partial charge in [0.2, 0.25) is 19.9 Å². The van der Waals surface area contributed by atoms with Crippen molar-refractivity contribution < 1.29 is 39.5 Å². The highest BCUT2D eigenvalue weighted by atomic mass is 35.5. The molecular weight excluding hydrogens is 595 g/mol. The highest BCUT2D eigenvalue weighted by Crippen LogP contribution is 2.39. The Morgan fingerprint density at radius 1 is 1.10 bits per heavy atom. The van der Waals surface area contributed by atoms with Gasteiger partial charge in [-0.25, -0.2) is 16.8 Å². The standard InChI is InChI=1S/C25H25ClF3N3O6S2/c1-31(22-4-3-5-23-21(22)15-30-32(23)11-10-24(33)38-2)40(36,37)20-13-16(25(27,28)29)12-19(14-20)39(34,35)18-8-6-17(26)7-9-18/h6-9,12-15,22H,3-5,10-11H2,1-2H3/t22-/m1/s1. The van der Waals surface area contributed by atoms with Crippen LogP contribution in [0.5, 0.6) is 0 Å². The number of fused-ring (bicyclic) bond motifs is 1. The van der Waals surface area contributed by atoms with Crippen LogP contribution in [0.4, 0.5) is 13.2 Å². The van der Waals surface area contributed by atoms with E-state index in [0.717, 1.165) is 22.5 Å². The van der Waals surface area contributed by atoms with E-state index < -0.39 is 53.4 Å². The van der Waals surface area contributed by atoms with Crippen LogP contribution in [-0.4, -0.2) is 51.0 Å².